The number of fused-ring (bicyclic) bond motifs is 4. The molecule has 5 rings (SSSR count). The van der Waals surface area contributed by atoms with Gasteiger partial charge in [-0.25, -0.2) is 9.57 Å². The zero-order valence-electron chi connectivity index (χ0n) is 14.4. The lowest BCUT2D eigenvalue weighted by molar-refractivity contribution is 0.272. The third kappa shape index (κ3) is 2.24. The Morgan fingerprint density at radius 3 is 2.80 bits per heavy atom. The van der Waals surface area contributed by atoms with Crippen LogP contribution in [0.1, 0.15) is 6.92 Å². The van der Waals surface area contributed by atoms with Crippen molar-refractivity contribution in [3.05, 3.63) is 35.0 Å². The van der Waals surface area contributed by atoms with E-state index in [9.17, 15) is 0 Å². The van der Waals surface area contributed by atoms with E-state index in [1.54, 1.807) is 0 Å². The lowest BCUT2D eigenvalue weighted by Crippen LogP contribution is -2.40. The van der Waals surface area contributed by atoms with Crippen LogP contribution in [0.2, 0.25) is 0 Å². The minimum absolute atomic E-state index is 0.688. The second-order valence-electron chi connectivity index (χ2n) is 6.49. The maximum atomic E-state index is 6.19. The van der Waals surface area contributed by atoms with Crippen molar-refractivity contribution in [2.24, 2.45) is 4.99 Å². The highest BCUT2D eigenvalue weighted by Crippen LogP contribution is 2.43. The third-order valence-corrected chi connectivity index (χ3v) is 4.98. The van der Waals surface area contributed by atoms with E-state index in [4.69, 9.17) is 19.2 Å². The first-order chi connectivity index (χ1) is 12.2. The molecule has 0 unspecified atom stereocenters. The van der Waals surface area contributed by atoms with Gasteiger partial charge in [0.1, 0.15) is 36.6 Å². The van der Waals surface area contributed by atoms with Gasteiger partial charge in [-0.15, -0.1) is 0 Å². The number of ether oxygens (including phenoxy) is 3. The molecule has 3 aliphatic heterocycles. The van der Waals surface area contributed by atoms with Crippen molar-refractivity contribution in [3.63, 3.8) is 0 Å². The average molecular weight is 338 g/mol. The molecule has 0 saturated heterocycles. The van der Waals surface area contributed by atoms with Crippen LogP contribution in [0.25, 0.3) is 0 Å². The van der Waals surface area contributed by atoms with E-state index in [0.717, 1.165) is 64.7 Å². The molecule has 3 heterocycles. The van der Waals surface area contributed by atoms with Crippen LogP contribution in [0.15, 0.2) is 29.3 Å². The van der Waals surface area contributed by atoms with E-state index in [-0.39, 0.29) is 0 Å². The van der Waals surface area contributed by atoms with Crippen LogP contribution in [0, 0.1) is 0 Å². The Morgan fingerprint density at radius 2 is 1.92 bits per heavy atom. The van der Waals surface area contributed by atoms with Crippen molar-refractivity contribution in [2.75, 3.05) is 44.8 Å². The van der Waals surface area contributed by atoms with E-state index in [2.05, 4.69) is 23.4 Å². The number of nitrogens with zero attached hydrogens (tertiary/aromatic N) is 3. The highest BCUT2D eigenvalue weighted by Gasteiger charge is 2.24. The maximum absolute atomic E-state index is 6.19. The van der Waals surface area contributed by atoms with Crippen molar-refractivity contribution < 1.29 is 14.2 Å². The molecule has 0 spiro atoms. The summed E-state index contributed by atoms with van der Waals surface area (Å²) in [4.78, 5) is 6.96. The normalized spacial score (nSPS) is 17.0. The van der Waals surface area contributed by atoms with Crippen molar-refractivity contribution in [3.8, 4) is 23.0 Å². The molecule has 0 aromatic heterocycles. The molecule has 0 fully saturated rings. The summed E-state index contributed by atoms with van der Waals surface area (Å²) in [5.74, 6) is 3.27. The van der Waals surface area contributed by atoms with Crippen LogP contribution >= 0.6 is 0 Å². The Balaban J connectivity index is 1.70. The molecular formula is C19H20N3O3+. The molecule has 0 radical (unpaired) electrons. The Hall–Kier alpha value is -2.76. The summed E-state index contributed by atoms with van der Waals surface area (Å²) in [6.45, 7) is 6.25. The minimum Gasteiger partial charge on any atom is -0.489 e. The summed E-state index contributed by atoms with van der Waals surface area (Å²) in [7, 11) is 2.06. The summed E-state index contributed by atoms with van der Waals surface area (Å²) < 4.78 is 20.1. The fraction of sp³-hybridized carbons (Fsp3) is 0.368. The van der Waals surface area contributed by atoms with Crippen molar-refractivity contribution >= 4 is 11.4 Å². The second-order valence-corrected chi connectivity index (χ2v) is 6.49. The van der Waals surface area contributed by atoms with Gasteiger partial charge in [-0.3, -0.25) is 0 Å². The first kappa shape index (κ1) is 14.6. The van der Waals surface area contributed by atoms with Crippen LogP contribution in [0.4, 0.5) is 11.4 Å². The summed E-state index contributed by atoms with van der Waals surface area (Å²) >= 11 is 0. The Kier molecular flexibility index (Phi) is 3.13. The van der Waals surface area contributed by atoms with Gasteiger partial charge in [0.05, 0.1) is 18.3 Å². The molecule has 128 valence electrons. The van der Waals surface area contributed by atoms with E-state index in [0.29, 0.717) is 13.2 Å². The summed E-state index contributed by atoms with van der Waals surface area (Å²) in [5, 5.41) is 1.87. The Labute approximate surface area is 145 Å². The smallest absolute Gasteiger partial charge is 0.246 e. The summed E-state index contributed by atoms with van der Waals surface area (Å²) in [6.07, 6.45) is 0. The van der Waals surface area contributed by atoms with Crippen molar-refractivity contribution in [1.82, 2.24) is 4.58 Å². The highest BCUT2D eigenvalue weighted by molar-refractivity contribution is 5.71. The number of likely N-dealkylation sites (N-methyl/N-ethyl adjacent to an activating group) is 2. The number of hydrogen-bond acceptors (Lipinski definition) is 5. The number of rotatable bonds is 1. The largest absolute Gasteiger partial charge is 0.489 e. The van der Waals surface area contributed by atoms with E-state index in [1.807, 2.05) is 24.3 Å². The predicted octanol–water partition coefficient (Wildman–Crippen LogP) is 1.48. The lowest BCUT2D eigenvalue weighted by atomic mass is 10.1. The Bertz CT molecular complexity index is 1000. The topological polar surface area (TPSA) is 46.3 Å². The van der Waals surface area contributed by atoms with Crippen LogP contribution in [-0.2, 0) is 0 Å². The molecule has 2 aromatic rings. The fourth-order valence-corrected chi connectivity index (χ4v) is 3.57. The number of anilines is 1. The van der Waals surface area contributed by atoms with Gasteiger partial charge in [-0.05, 0) is 6.92 Å². The molecule has 0 bridgehead atoms. The minimum atomic E-state index is 0.688. The lowest BCUT2D eigenvalue weighted by Gasteiger charge is -2.29. The van der Waals surface area contributed by atoms with Crippen LogP contribution < -0.4 is 34.4 Å². The van der Waals surface area contributed by atoms with Gasteiger partial charge in [-0.2, -0.15) is 0 Å². The molecule has 3 aliphatic rings. The van der Waals surface area contributed by atoms with Crippen LogP contribution in [0.3, 0.4) is 0 Å². The maximum Gasteiger partial charge on any atom is 0.246 e. The van der Waals surface area contributed by atoms with Gasteiger partial charge in [-0.1, -0.05) is 0 Å². The van der Waals surface area contributed by atoms with Gasteiger partial charge in [0, 0.05) is 25.2 Å². The van der Waals surface area contributed by atoms with Crippen LogP contribution in [-0.4, -0.2) is 39.9 Å². The molecule has 0 atom stereocenters. The second kappa shape index (κ2) is 5.37. The summed E-state index contributed by atoms with van der Waals surface area (Å²) in [5.41, 5.74) is 1.84. The van der Waals surface area contributed by atoms with Gasteiger partial charge >= 0.3 is 0 Å². The van der Waals surface area contributed by atoms with Crippen LogP contribution in [0.5, 0.6) is 23.0 Å². The molecule has 2 aromatic carbocycles. The zero-order valence-corrected chi connectivity index (χ0v) is 14.4. The standard InChI is InChI=1S/C19H20N3O3/c1-3-22-5-7-24-19-9-13-17(11-15(19)22)25-16-10-14-18(8-12(16)20-13)23-6-4-21(14)2/h8-11H,3-7H2,1-2H3/q+1. The number of hydrogen-bond donors (Lipinski definition) is 0. The summed E-state index contributed by atoms with van der Waals surface area (Å²) in [6, 6.07) is 7.99. The first-order valence-corrected chi connectivity index (χ1v) is 8.70. The molecule has 0 saturated carbocycles. The SMILES string of the molecule is CC[N+]1=c2cc3c(cc2OCC1)=Nc1cc2c(cc1O3)N(C)CCO2. The van der Waals surface area contributed by atoms with E-state index < -0.39 is 0 Å². The zero-order chi connectivity index (χ0) is 17.0. The van der Waals surface area contributed by atoms with E-state index in [1.165, 1.54) is 0 Å². The average Bonchev–Trinajstić information content (AvgIpc) is 2.63. The van der Waals surface area contributed by atoms with Crippen molar-refractivity contribution in [1.29, 1.82) is 0 Å². The monoisotopic (exact) mass is 338 g/mol. The fourth-order valence-electron chi connectivity index (χ4n) is 3.57. The molecular weight excluding hydrogens is 318 g/mol. The highest BCUT2D eigenvalue weighted by atomic mass is 16.5. The predicted molar refractivity (Wildman–Crippen MR) is 94.3 cm³/mol. The number of benzene rings is 2. The molecule has 6 heteroatoms. The Morgan fingerprint density at radius 1 is 1.04 bits per heavy atom. The van der Waals surface area contributed by atoms with Crippen molar-refractivity contribution in [2.45, 2.75) is 6.92 Å². The first-order valence-electron chi connectivity index (χ1n) is 8.70. The molecule has 0 aliphatic carbocycles. The van der Waals surface area contributed by atoms with E-state index >= 15 is 0 Å². The molecule has 6 nitrogen and oxygen atoms in total. The van der Waals surface area contributed by atoms with Gasteiger partial charge in [0.2, 0.25) is 5.36 Å². The molecule has 0 amide bonds. The third-order valence-electron chi connectivity index (χ3n) is 4.98. The molecule has 25 heavy (non-hydrogen) atoms. The van der Waals surface area contributed by atoms with Gasteiger partial charge < -0.3 is 19.1 Å². The quantitative estimate of drug-likeness (QED) is 0.631. The van der Waals surface area contributed by atoms with Gasteiger partial charge in [0.15, 0.2) is 23.8 Å². The van der Waals surface area contributed by atoms with Gasteiger partial charge in [0.25, 0.3) is 0 Å². The molecule has 0 N–H and O–H groups in total.